The van der Waals surface area contributed by atoms with E-state index >= 15 is 0 Å². The highest BCUT2D eigenvalue weighted by molar-refractivity contribution is 5.76. The molecule has 1 amide bonds. The van der Waals surface area contributed by atoms with Crippen LogP contribution in [0, 0.1) is 11.8 Å². The largest absolute Gasteiger partial charge is 0.393 e. The maximum absolute atomic E-state index is 11.8. The van der Waals surface area contributed by atoms with Gasteiger partial charge in [-0.05, 0) is 19.3 Å². The van der Waals surface area contributed by atoms with Crippen molar-refractivity contribution in [1.82, 2.24) is 4.90 Å². The molecule has 0 aliphatic carbocycles. The van der Waals surface area contributed by atoms with Crippen LogP contribution in [-0.4, -0.2) is 35.1 Å². The fourth-order valence-electron chi connectivity index (χ4n) is 1.98. The number of aliphatic hydroxyl groups is 1. The SMILES string of the molecule is CCC(C)CC(=O)N1CCC(C(C)O)C1. The third-order valence-electron chi connectivity index (χ3n) is 3.48. The van der Waals surface area contributed by atoms with Crippen molar-refractivity contribution in [2.24, 2.45) is 11.8 Å². The molecule has 1 N–H and O–H groups in total. The Morgan fingerprint density at radius 2 is 2.20 bits per heavy atom. The van der Waals surface area contributed by atoms with Crippen LogP contribution in [0.25, 0.3) is 0 Å². The first-order valence-corrected chi connectivity index (χ1v) is 6.00. The molecule has 1 rings (SSSR count). The van der Waals surface area contributed by atoms with Crippen molar-refractivity contribution in [2.75, 3.05) is 13.1 Å². The normalized spacial score (nSPS) is 25.3. The highest BCUT2D eigenvalue weighted by Gasteiger charge is 2.29. The lowest BCUT2D eigenvalue weighted by Crippen LogP contribution is -2.31. The van der Waals surface area contributed by atoms with Crippen molar-refractivity contribution < 1.29 is 9.90 Å². The van der Waals surface area contributed by atoms with E-state index in [1.54, 1.807) is 0 Å². The number of hydrogen-bond acceptors (Lipinski definition) is 2. The molecular formula is C12H23NO2. The van der Waals surface area contributed by atoms with Gasteiger partial charge < -0.3 is 10.0 Å². The lowest BCUT2D eigenvalue weighted by molar-refractivity contribution is -0.131. The van der Waals surface area contributed by atoms with Crippen molar-refractivity contribution in [3.63, 3.8) is 0 Å². The predicted octanol–water partition coefficient (Wildman–Crippen LogP) is 1.65. The Morgan fingerprint density at radius 3 is 2.67 bits per heavy atom. The van der Waals surface area contributed by atoms with Crippen LogP contribution in [0.1, 0.15) is 40.0 Å². The minimum atomic E-state index is -0.286. The molecule has 3 unspecified atom stereocenters. The molecule has 3 nitrogen and oxygen atoms in total. The summed E-state index contributed by atoms with van der Waals surface area (Å²) in [5, 5.41) is 9.44. The number of carbonyl (C=O) groups excluding carboxylic acids is 1. The summed E-state index contributed by atoms with van der Waals surface area (Å²) in [5.41, 5.74) is 0. The van der Waals surface area contributed by atoms with Gasteiger partial charge in [-0.2, -0.15) is 0 Å². The molecule has 0 saturated carbocycles. The summed E-state index contributed by atoms with van der Waals surface area (Å²) in [5.74, 6) is 1.02. The van der Waals surface area contributed by atoms with E-state index in [0.29, 0.717) is 12.3 Å². The molecule has 0 radical (unpaired) electrons. The van der Waals surface area contributed by atoms with Crippen molar-refractivity contribution in [2.45, 2.75) is 46.1 Å². The topological polar surface area (TPSA) is 40.5 Å². The Labute approximate surface area is 92.5 Å². The second-order valence-corrected chi connectivity index (χ2v) is 4.85. The molecule has 15 heavy (non-hydrogen) atoms. The smallest absolute Gasteiger partial charge is 0.222 e. The molecule has 1 saturated heterocycles. The number of nitrogens with zero attached hydrogens (tertiary/aromatic N) is 1. The van der Waals surface area contributed by atoms with Crippen LogP contribution < -0.4 is 0 Å². The molecule has 1 heterocycles. The number of aliphatic hydroxyl groups excluding tert-OH is 1. The van der Waals surface area contributed by atoms with Crippen LogP contribution in [0.15, 0.2) is 0 Å². The van der Waals surface area contributed by atoms with Gasteiger partial charge in [-0.1, -0.05) is 20.3 Å². The van der Waals surface area contributed by atoms with Gasteiger partial charge in [-0.3, -0.25) is 4.79 Å². The van der Waals surface area contributed by atoms with Crippen molar-refractivity contribution in [3.05, 3.63) is 0 Å². The highest BCUT2D eigenvalue weighted by Crippen LogP contribution is 2.21. The van der Waals surface area contributed by atoms with Crippen molar-refractivity contribution >= 4 is 5.91 Å². The van der Waals surface area contributed by atoms with Crippen LogP contribution in [0.2, 0.25) is 0 Å². The molecule has 3 atom stereocenters. The van der Waals surface area contributed by atoms with Gasteiger partial charge in [0.1, 0.15) is 0 Å². The first-order chi connectivity index (χ1) is 7.04. The highest BCUT2D eigenvalue weighted by atomic mass is 16.3. The molecule has 1 fully saturated rings. The van der Waals surface area contributed by atoms with Crippen molar-refractivity contribution in [1.29, 1.82) is 0 Å². The Hall–Kier alpha value is -0.570. The van der Waals surface area contributed by atoms with Crippen molar-refractivity contribution in [3.8, 4) is 0 Å². The number of rotatable bonds is 4. The molecule has 0 aromatic rings. The summed E-state index contributed by atoms with van der Waals surface area (Å²) in [6.45, 7) is 7.60. The molecule has 0 spiro atoms. The summed E-state index contributed by atoms with van der Waals surface area (Å²) >= 11 is 0. The molecule has 0 bridgehead atoms. The standard InChI is InChI=1S/C12H23NO2/c1-4-9(2)7-12(15)13-6-5-11(8-13)10(3)14/h9-11,14H,4-8H2,1-3H3. The van der Waals surface area contributed by atoms with Gasteiger partial charge in [-0.15, -0.1) is 0 Å². The third kappa shape index (κ3) is 3.49. The zero-order chi connectivity index (χ0) is 11.4. The Kier molecular flexibility index (Phi) is 4.58. The van der Waals surface area contributed by atoms with E-state index in [4.69, 9.17) is 0 Å². The van der Waals surface area contributed by atoms with Crippen LogP contribution in [-0.2, 0) is 4.79 Å². The molecule has 1 aliphatic heterocycles. The summed E-state index contributed by atoms with van der Waals surface area (Å²) in [6, 6.07) is 0. The van der Waals surface area contributed by atoms with E-state index in [-0.39, 0.29) is 17.9 Å². The lowest BCUT2D eigenvalue weighted by Gasteiger charge is -2.19. The van der Waals surface area contributed by atoms with Gasteiger partial charge >= 0.3 is 0 Å². The van der Waals surface area contributed by atoms with Crippen LogP contribution in [0.4, 0.5) is 0 Å². The Balaban J connectivity index is 2.36. The predicted molar refractivity (Wildman–Crippen MR) is 60.4 cm³/mol. The average Bonchev–Trinajstić information content (AvgIpc) is 2.66. The Bertz CT molecular complexity index is 216. The molecular weight excluding hydrogens is 190 g/mol. The zero-order valence-corrected chi connectivity index (χ0v) is 10.1. The maximum atomic E-state index is 11.8. The molecule has 0 aromatic heterocycles. The molecule has 88 valence electrons. The number of carbonyl (C=O) groups is 1. The van der Waals surface area contributed by atoms with Crippen LogP contribution in [0.5, 0.6) is 0 Å². The van der Waals surface area contributed by atoms with Gasteiger partial charge in [0, 0.05) is 25.4 Å². The number of amides is 1. The second-order valence-electron chi connectivity index (χ2n) is 4.85. The van der Waals surface area contributed by atoms with E-state index in [9.17, 15) is 9.90 Å². The van der Waals surface area contributed by atoms with Gasteiger partial charge in [0.25, 0.3) is 0 Å². The van der Waals surface area contributed by atoms with Crippen LogP contribution in [0.3, 0.4) is 0 Å². The summed E-state index contributed by atoms with van der Waals surface area (Å²) in [6.07, 6.45) is 2.37. The monoisotopic (exact) mass is 213 g/mol. The molecule has 0 aromatic carbocycles. The minimum Gasteiger partial charge on any atom is -0.393 e. The number of likely N-dealkylation sites (tertiary alicyclic amines) is 1. The zero-order valence-electron chi connectivity index (χ0n) is 10.1. The van der Waals surface area contributed by atoms with E-state index in [2.05, 4.69) is 13.8 Å². The van der Waals surface area contributed by atoms with Gasteiger partial charge in [0.05, 0.1) is 6.10 Å². The minimum absolute atomic E-state index is 0.257. The van der Waals surface area contributed by atoms with Gasteiger partial charge in [0.2, 0.25) is 5.91 Å². The quantitative estimate of drug-likeness (QED) is 0.771. The third-order valence-corrected chi connectivity index (χ3v) is 3.48. The summed E-state index contributed by atoms with van der Waals surface area (Å²) in [7, 11) is 0. The molecule has 3 heteroatoms. The summed E-state index contributed by atoms with van der Waals surface area (Å²) < 4.78 is 0. The average molecular weight is 213 g/mol. The van der Waals surface area contributed by atoms with Gasteiger partial charge in [-0.25, -0.2) is 0 Å². The van der Waals surface area contributed by atoms with E-state index < -0.39 is 0 Å². The van der Waals surface area contributed by atoms with E-state index in [1.807, 2.05) is 11.8 Å². The van der Waals surface area contributed by atoms with Gasteiger partial charge in [0.15, 0.2) is 0 Å². The fourth-order valence-corrected chi connectivity index (χ4v) is 1.98. The van der Waals surface area contributed by atoms with Crippen LogP contribution >= 0.6 is 0 Å². The van der Waals surface area contributed by atoms with E-state index in [1.165, 1.54) is 0 Å². The first-order valence-electron chi connectivity index (χ1n) is 6.00. The lowest BCUT2D eigenvalue weighted by atomic mass is 10.0. The fraction of sp³-hybridized carbons (Fsp3) is 0.917. The first kappa shape index (κ1) is 12.5. The summed E-state index contributed by atoms with van der Waals surface area (Å²) in [4.78, 5) is 13.7. The number of hydrogen-bond donors (Lipinski definition) is 1. The van der Waals surface area contributed by atoms with E-state index in [0.717, 1.165) is 25.9 Å². The Morgan fingerprint density at radius 1 is 1.53 bits per heavy atom. The maximum Gasteiger partial charge on any atom is 0.222 e. The second kappa shape index (κ2) is 5.50. The molecule has 1 aliphatic rings.